The van der Waals surface area contributed by atoms with E-state index in [-0.39, 0.29) is 10.8 Å². The number of carboxylic acids is 1. The number of alkyl halides is 3. The Morgan fingerprint density at radius 1 is 1.40 bits per heavy atom. The quantitative estimate of drug-likeness (QED) is 0.910. The molecule has 0 saturated carbocycles. The van der Waals surface area contributed by atoms with Gasteiger partial charge < -0.3 is 10.4 Å². The molecule has 0 amide bonds. The second kappa shape index (κ2) is 5.08. The third kappa shape index (κ3) is 3.05. The summed E-state index contributed by atoms with van der Waals surface area (Å²) in [5, 5.41) is 11.8. The minimum Gasteiger partial charge on any atom is -0.476 e. The molecule has 20 heavy (non-hydrogen) atoms. The Morgan fingerprint density at radius 3 is 2.55 bits per heavy atom. The second-order valence-corrected chi connectivity index (χ2v) is 4.99. The van der Waals surface area contributed by atoms with Gasteiger partial charge in [0, 0.05) is 4.88 Å². The molecule has 0 aliphatic heterocycles. The topological polar surface area (TPSA) is 75.1 Å². The smallest absolute Gasteiger partial charge is 0.433 e. The number of aromatic nitrogens is 2. The molecule has 2 rings (SSSR count). The van der Waals surface area contributed by atoms with E-state index < -0.39 is 17.8 Å². The van der Waals surface area contributed by atoms with Gasteiger partial charge in [-0.05, 0) is 19.1 Å². The van der Waals surface area contributed by atoms with Crippen molar-refractivity contribution in [2.24, 2.45) is 0 Å². The van der Waals surface area contributed by atoms with Crippen molar-refractivity contribution in [1.82, 2.24) is 9.97 Å². The summed E-state index contributed by atoms with van der Waals surface area (Å²) in [5.41, 5.74) is -0.786. The van der Waals surface area contributed by atoms with Crippen LogP contribution in [0.1, 0.15) is 21.1 Å². The third-order valence-electron chi connectivity index (χ3n) is 2.30. The van der Waals surface area contributed by atoms with Crippen LogP contribution in [0.4, 0.5) is 24.0 Å². The SMILES string of the molecule is Cc1sc(Nc2ccc(C(F)(F)F)nc2)nc1C(=O)O. The number of halogens is 3. The Bertz CT molecular complexity index is 637. The Morgan fingerprint density at radius 2 is 2.10 bits per heavy atom. The summed E-state index contributed by atoms with van der Waals surface area (Å²) in [6.07, 6.45) is -3.48. The first kappa shape index (κ1) is 14.3. The van der Waals surface area contributed by atoms with Crippen LogP contribution >= 0.6 is 11.3 Å². The molecule has 2 aromatic rings. The molecular weight excluding hydrogens is 295 g/mol. The molecule has 5 nitrogen and oxygen atoms in total. The number of thiazole rings is 1. The highest BCUT2D eigenvalue weighted by Gasteiger charge is 2.32. The van der Waals surface area contributed by atoms with Crippen molar-refractivity contribution in [3.05, 3.63) is 34.6 Å². The Kier molecular flexibility index (Phi) is 3.62. The molecule has 0 saturated heterocycles. The Hall–Kier alpha value is -2.16. The number of hydrogen-bond acceptors (Lipinski definition) is 5. The number of aromatic carboxylic acids is 1. The fourth-order valence-electron chi connectivity index (χ4n) is 1.41. The molecule has 2 N–H and O–H groups in total. The van der Waals surface area contributed by atoms with Gasteiger partial charge in [-0.25, -0.2) is 14.8 Å². The standard InChI is InChI=1S/C11H8F3N3O2S/c1-5-8(9(18)19)17-10(20-5)16-6-2-3-7(15-4-6)11(12,13)14/h2-4H,1H3,(H,16,17)(H,18,19). The average molecular weight is 303 g/mol. The van der Waals surface area contributed by atoms with Gasteiger partial charge in [0.25, 0.3) is 0 Å². The Labute approximate surface area is 115 Å². The minimum atomic E-state index is -4.49. The summed E-state index contributed by atoms with van der Waals surface area (Å²) >= 11 is 1.09. The largest absolute Gasteiger partial charge is 0.476 e. The van der Waals surface area contributed by atoms with Gasteiger partial charge in [-0.3, -0.25) is 0 Å². The lowest BCUT2D eigenvalue weighted by Gasteiger charge is -2.06. The van der Waals surface area contributed by atoms with E-state index in [0.29, 0.717) is 10.6 Å². The molecule has 0 aliphatic carbocycles. The second-order valence-electron chi connectivity index (χ2n) is 3.78. The molecule has 106 valence electrons. The fraction of sp³-hybridized carbons (Fsp3) is 0.182. The predicted octanol–water partition coefficient (Wildman–Crippen LogP) is 3.31. The summed E-state index contributed by atoms with van der Waals surface area (Å²) in [7, 11) is 0. The molecule has 0 atom stereocenters. The lowest BCUT2D eigenvalue weighted by atomic mass is 10.3. The molecule has 2 aromatic heterocycles. The third-order valence-corrected chi connectivity index (χ3v) is 3.19. The maximum atomic E-state index is 12.3. The van der Waals surface area contributed by atoms with Crippen LogP contribution in [0.5, 0.6) is 0 Å². The summed E-state index contributed by atoms with van der Waals surface area (Å²) in [5.74, 6) is -1.16. The van der Waals surface area contributed by atoms with E-state index in [1.807, 2.05) is 0 Å². The fourth-order valence-corrected chi connectivity index (χ4v) is 2.23. The monoisotopic (exact) mass is 303 g/mol. The van der Waals surface area contributed by atoms with Crippen LogP contribution in [-0.2, 0) is 6.18 Å². The number of carbonyl (C=O) groups is 1. The van der Waals surface area contributed by atoms with Crippen LogP contribution in [0.15, 0.2) is 18.3 Å². The number of hydrogen-bond donors (Lipinski definition) is 2. The van der Waals surface area contributed by atoms with E-state index in [9.17, 15) is 18.0 Å². The maximum Gasteiger partial charge on any atom is 0.433 e. The lowest BCUT2D eigenvalue weighted by Crippen LogP contribution is -2.07. The summed E-state index contributed by atoms with van der Waals surface area (Å²) in [6, 6.07) is 2.04. The maximum absolute atomic E-state index is 12.3. The summed E-state index contributed by atoms with van der Waals surface area (Å²) in [6.45, 7) is 1.59. The van der Waals surface area contributed by atoms with Gasteiger partial charge in [-0.1, -0.05) is 0 Å². The number of rotatable bonds is 3. The van der Waals surface area contributed by atoms with Gasteiger partial charge in [0.15, 0.2) is 10.8 Å². The van der Waals surface area contributed by atoms with Crippen molar-refractivity contribution in [3.63, 3.8) is 0 Å². The molecule has 0 fully saturated rings. The lowest BCUT2D eigenvalue weighted by molar-refractivity contribution is -0.141. The van der Waals surface area contributed by atoms with E-state index in [1.54, 1.807) is 6.92 Å². The van der Waals surface area contributed by atoms with Crippen LogP contribution in [0.25, 0.3) is 0 Å². The molecule has 0 aliphatic rings. The van der Waals surface area contributed by atoms with Crippen LogP contribution in [0.3, 0.4) is 0 Å². The normalized spacial score (nSPS) is 11.4. The van der Waals surface area contributed by atoms with E-state index in [1.165, 1.54) is 6.07 Å². The van der Waals surface area contributed by atoms with Crippen molar-refractivity contribution >= 4 is 28.1 Å². The number of nitrogens with zero attached hydrogens (tertiary/aromatic N) is 2. The van der Waals surface area contributed by atoms with Crippen molar-refractivity contribution in [2.45, 2.75) is 13.1 Å². The van der Waals surface area contributed by atoms with Crippen molar-refractivity contribution in [1.29, 1.82) is 0 Å². The zero-order valence-electron chi connectivity index (χ0n) is 10.0. The molecule has 0 spiro atoms. The average Bonchev–Trinajstić information content (AvgIpc) is 2.70. The van der Waals surface area contributed by atoms with Gasteiger partial charge in [-0.2, -0.15) is 13.2 Å². The van der Waals surface area contributed by atoms with Gasteiger partial charge in [0.05, 0.1) is 11.9 Å². The van der Waals surface area contributed by atoms with Gasteiger partial charge in [-0.15, -0.1) is 11.3 Å². The van der Waals surface area contributed by atoms with Crippen molar-refractivity contribution in [3.8, 4) is 0 Å². The molecule has 9 heteroatoms. The van der Waals surface area contributed by atoms with Gasteiger partial charge in [0.2, 0.25) is 0 Å². The number of anilines is 2. The first-order valence-electron chi connectivity index (χ1n) is 5.28. The van der Waals surface area contributed by atoms with E-state index in [2.05, 4.69) is 15.3 Å². The van der Waals surface area contributed by atoms with Crippen LogP contribution in [-0.4, -0.2) is 21.0 Å². The van der Waals surface area contributed by atoms with Crippen LogP contribution in [0.2, 0.25) is 0 Å². The molecule has 0 radical (unpaired) electrons. The number of nitrogens with one attached hydrogen (secondary N) is 1. The molecular formula is C11H8F3N3O2S. The first-order valence-corrected chi connectivity index (χ1v) is 6.10. The zero-order chi connectivity index (χ0) is 14.9. The predicted molar refractivity (Wildman–Crippen MR) is 66.3 cm³/mol. The van der Waals surface area contributed by atoms with Crippen molar-refractivity contribution < 1.29 is 23.1 Å². The summed E-state index contributed by atoms with van der Waals surface area (Å²) < 4.78 is 37.0. The Balaban J connectivity index is 2.18. The number of carboxylic acid groups (broad SMARTS) is 1. The highest BCUT2D eigenvalue weighted by atomic mass is 32.1. The highest BCUT2D eigenvalue weighted by molar-refractivity contribution is 7.15. The van der Waals surface area contributed by atoms with E-state index in [0.717, 1.165) is 23.6 Å². The zero-order valence-corrected chi connectivity index (χ0v) is 10.8. The first-order chi connectivity index (χ1) is 9.27. The molecule has 0 bridgehead atoms. The molecule has 0 unspecified atom stereocenters. The van der Waals surface area contributed by atoms with Crippen molar-refractivity contribution in [2.75, 3.05) is 5.32 Å². The highest BCUT2D eigenvalue weighted by Crippen LogP contribution is 2.29. The number of pyridine rings is 1. The van der Waals surface area contributed by atoms with Gasteiger partial charge in [0.1, 0.15) is 5.69 Å². The van der Waals surface area contributed by atoms with E-state index >= 15 is 0 Å². The van der Waals surface area contributed by atoms with E-state index in [4.69, 9.17) is 5.11 Å². The minimum absolute atomic E-state index is 0.0858. The molecule has 0 aromatic carbocycles. The van der Waals surface area contributed by atoms with Crippen LogP contribution in [0, 0.1) is 6.92 Å². The number of aryl methyl sites for hydroxylation is 1. The van der Waals surface area contributed by atoms with Crippen LogP contribution < -0.4 is 5.32 Å². The summed E-state index contributed by atoms with van der Waals surface area (Å²) in [4.78, 5) is 18.4. The molecule has 2 heterocycles. The van der Waals surface area contributed by atoms with Gasteiger partial charge >= 0.3 is 12.1 Å².